The maximum atomic E-state index is 11.0. The number of nitrogens with zero attached hydrogens (tertiary/aromatic N) is 1. The van der Waals surface area contributed by atoms with Gasteiger partial charge >= 0.3 is 5.97 Å². The van der Waals surface area contributed by atoms with Gasteiger partial charge in [0.2, 0.25) is 5.79 Å². The molecule has 0 bridgehead atoms. The number of aliphatic hydroxyl groups is 1. The average Bonchev–Trinajstić information content (AvgIpc) is 2.32. The zero-order valence-corrected chi connectivity index (χ0v) is 6.77. The summed E-state index contributed by atoms with van der Waals surface area (Å²) in [4.78, 5) is 11.0. The van der Waals surface area contributed by atoms with Crippen LogP contribution in [0.3, 0.4) is 0 Å². The van der Waals surface area contributed by atoms with Crippen LogP contribution in [0.25, 0.3) is 0 Å². The summed E-state index contributed by atoms with van der Waals surface area (Å²) in [6.07, 6.45) is 1.25. The lowest BCUT2D eigenvalue weighted by molar-refractivity contribution is -0.136. The molecule has 12 heavy (non-hydrogen) atoms. The van der Waals surface area contributed by atoms with E-state index in [0.29, 0.717) is 0 Å². The monoisotopic (exact) mass is 171 g/mol. The summed E-state index contributed by atoms with van der Waals surface area (Å²) in [5.41, 5.74) is 0.0390. The van der Waals surface area contributed by atoms with Gasteiger partial charge in [-0.25, -0.2) is 4.79 Å². The molecule has 0 aliphatic rings. The summed E-state index contributed by atoms with van der Waals surface area (Å²) >= 11 is 0. The van der Waals surface area contributed by atoms with Crippen molar-refractivity contribution in [2.24, 2.45) is 0 Å². The molecular formula is C7H9NO4. The van der Waals surface area contributed by atoms with E-state index in [1.54, 1.807) is 0 Å². The first-order chi connectivity index (χ1) is 5.49. The molecule has 1 rings (SSSR count). The highest BCUT2D eigenvalue weighted by atomic mass is 16.7. The maximum absolute atomic E-state index is 11.0. The minimum Gasteiger partial charge on any atom is -0.429 e. The molecule has 5 heteroatoms. The Morgan fingerprint density at radius 1 is 1.75 bits per heavy atom. The van der Waals surface area contributed by atoms with Gasteiger partial charge in [0.15, 0.2) is 5.69 Å². The molecule has 0 saturated heterocycles. The molecule has 0 aliphatic carbocycles. The fourth-order valence-corrected chi connectivity index (χ4v) is 0.597. The van der Waals surface area contributed by atoms with Gasteiger partial charge in [-0.05, 0) is 0 Å². The fourth-order valence-electron chi connectivity index (χ4n) is 0.597. The van der Waals surface area contributed by atoms with Gasteiger partial charge in [0.1, 0.15) is 6.26 Å². The molecule has 1 aromatic heterocycles. The first kappa shape index (κ1) is 8.73. The van der Waals surface area contributed by atoms with E-state index in [1.807, 2.05) is 0 Å². The minimum atomic E-state index is -1.49. The predicted molar refractivity (Wildman–Crippen MR) is 38.2 cm³/mol. The Kier molecular flexibility index (Phi) is 2.14. The van der Waals surface area contributed by atoms with Crippen LogP contribution in [0.1, 0.15) is 24.3 Å². The number of ether oxygens (including phenoxy) is 1. The third-order valence-corrected chi connectivity index (χ3v) is 0.989. The van der Waals surface area contributed by atoms with Crippen LogP contribution in [0.15, 0.2) is 16.9 Å². The molecule has 0 atom stereocenters. The van der Waals surface area contributed by atoms with Gasteiger partial charge in [0.25, 0.3) is 0 Å². The molecule has 0 spiro atoms. The molecule has 0 saturated carbocycles. The zero-order valence-electron chi connectivity index (χ0n) is 6.77. The van der Waals surface area contributed by atoms with Crippen LogP contribution in [0.5, 0.6) is 0 Å². The lowest BCUT2D eigenvalue weighted by Gasteiger charge is -2.16. The largest absolute Gasteiger partial charge is 0.429 e. The van der Waals surface area contributed by atoms with E-state index in [4.69, 9.17) is 5.11 Å². The van der Waals surface area contributed by atoms with E-state index in [-0.39, 0.29) is 5.69 Å². The van der Waals surface area contributed by atoms with Crippen molar-refractivity contribution in [3.8, 4) is 0 Å². The summed E-state index contributed by atoms with van der Waals surface area (Å²) in [6, 6.07) is 1.36. The number of hydrogen-bond donors (Lipinski definition) is 1. The van der Waals surface area contributed by atoms with Crippen LogP contribution < -0.4 is 0 Å². The van der Waals surface area contributed by atoms with E-state index in [0.717, 1.165) is 0 Å². The van der Waals surface area contributed by atoms with E-state index < -0.39 is 11.8 Å². The zero-order chi connectivity index (χ0) is 9.19. The van der Waals surface area contributed by atoms with Gasteiger partial charge in [-0.1, -0.05) is 5.16 Å². The Morgan fingerprint density at radius 3 is 2.83 bits per heavy atom. The van der Waals surface area contributed by atoms with Crippen LogP contribution in [-0.2, 0) is 4.74 Å². The molecule has 0 radical (unpaired) electrons. The highest BCUT2D eigenvalue weighted by molar-refractivity contribution is 5.87. The second-order valence-corrected chi connectivity index (χ2v) is 2.72. The van der Waals surface area contributed by atoms with Crippen molar-refractivity contribution in [1.82, 2.24) is 5.16 Å². The van der Waals surface area contributed by atoms with Gasteiger partial charge in [-0.3, -0.25) is 0 Å². The van der Waals surface area contributed by atoms with Crippen molar-refractivity contribution in [2.45, 2.75) is 19.6 Å². The standard InChI is InChI=1S/C7H9NO4/c1-7(2,10)12-6(9)5-3-4-11-8-5/h3-4,10H,1-2H3. The molecule has 5 nitrogen and oxygen atoms in total. The van der Waals surface area contributed by atoms with Crippen LogP contribution in [-0.4, -0.2) is 22.0 Å². The Hall–Kier alpha value is -1.36. The quantitative estimate of drug-likeness (QED) is 0.520. The molecule has 1 aromatic rings. The number of esters is 1. The number of hydrogen-bond acceptors (Lipinski definition) is 5. The molecule has 66 valence electrons. The molecule has 1 N–H and O–H groups in total. The van der Waals surface area contributed by atoms with Crippen LogP contribution in [0.2, 0.25) is 0 Å². The number of rotatable bonds is 2. The van der Waals surface area contributed by atoms with Gasteiger partial charge in [0.05, 0.1) is 0 Å². The van der Waals surface area contributed by atoms with Crippen molar-refractivity contribution in [2.75, 3.05) is 0 Å². The van der Waals surface area contributed by atoms with Crippen molar-refractivity contribution in [1.29, 1.82) is 0 Å². The van der Waals surface area contributed by atoms with Crippen LogP contribution in [0.4, 0.5) is 0 Å². The molecule has 0 aliphatic heterocycles. The summed E-state index contributed by atoms with van der Waals surface area (Å²) in [5, 5.41) is 12.4. The third kappa shape index (κ3) is 2.35. The smallest absolute Gasteiger partial charge is 0.363 e. The van der Waals surface area contributed by atoms with Crippen molar-refractivity contribution in [3.05, 3.63) is 18.0 Å². The normalized spacial score (nSPS) is 11.2. The van der Waals surface area contributed by atoms with Crippen LogP contribution >= 0.6 is 0 Å². The van der Waals surface area contributed by atoms with Crippen molar-refractivity contribution >= 4 is 5.97 Å². The van der Waals surface area contributed by atoms with Gasteiger partial charge in [-0.15, -0.1) is 0 Å². The first-order valence-electron chi connectivity index (χ1n) is 3.35. The summed E-state index contributed by atoms with van der Waals surface area (Å²) < 4.78 is 8.99. The molecule has 0 unspecified atom stereocenters. The van der Waals surface area contributed by atoms with E-state index in [2.05, 4.69) is 14.4 Å². The first-order valence-corrected chi connectivity index (χ1v) is 3.35. The topological polar surface area (TPSA) is 72.6 Å². The second-order valence-electron chi connectivity index (χ2n) is 2.72. The Labute approximate surface area is 68.9 Å². The average molecular weight is 171 g/mol. The number of aromatic nitrogens is 1. The molecule has 0 fully saturated rings. The van der Waals surface area contributed by atoms with Gasteiger partial charge in [-0.2, -0.15) is 0 Å². The van der Waals surface area contributed by atoms with Gasteiger partial charge < -0.3 is 14.4 Å². The van der Waals surface area contributed by atoms with Crippen molar-refractivity contribution < 1.29 is 19.2 Å². The molecule has 0 amide bonds. The maximum Gasteiger partial charge on any atom is 0.363 e. The van der Waals surface area contributed by atoms with E-state index >= 15 is 0 Å². The second kappa shape index (κ2) is 2.94. The Bertz CT molecular complexity index is 259. The molecule has 1 heterocycles. The highest BCUT2D eigenvalue weighted by Gasteiger charge is 2.21. The SMILES string of the molecule is CC(C)(O)OC(=O)c1ccon1. The fraction of sp³-hybridized carbons (Fsp3) is 0.429. The Balaban J connectivity index is 2.63. The lowest BCUT2D eigenvalue weighted by atomic mass is 10.4. The molecular weight excluding hydrogens is 162 g/mol. The predicted octanol–water partition coefficient (Wildman–Crippen LogP) is 0.560. The van der Waals surface area contributed by atoms with Crippen molar-refractivity contribution in [3.63, 3.8) is 0 Å². The summed E-state index contributed by atoms with van der Waals surface area (Å²) in [6.45, 7) is 2.70. The van der Waals surface area contributed by atoms with Gasteiger partial charge in [0, 0.05) is 19.9 Å². The summed E-state index contributed by atoms with van der Waals surface area (Å²) in [5.74, 6) is -2.20. The molecule has 0 aromatic carbocycles. The minimum absolute atomic E-state index is 0.0390. The number of carbonyl (C=O) groups is 1. The Morgan fingerprint density at radius 2 is 2.42 bits per heavy atom. The van der Waals surface area contributed by atoms with Crippen LogP contribution in [0, 0.1) is 0 Å². The van der Waals surface area contributed by atoms with E-state index in [9.17, 15) is 4.79 Å². The highest BCUT2D eigenvalue weighted by Crippen LogP contribution is 2.07. The van der Waals surface area contributed by atoms with E-state index in [1.165, 1.54) is 26.2 Å². The third-order valence-electron chi connectivity index (χ3n) is 0.989. The summed E-state index contributed by atoms with van der Waals surface area (Å²) in [7, 11) is 0. The lowest BCUT2D eigenvalue weighted by Crippen LogP contribution is -2.27. The number of carbonyl (C=O) groups excluding carboxylic acids is 1.